The van der Waals surface area contributed by atoms with Crippen molar-refractivity contribution in [1.82, 2.24) is 0 Å². The van der Waals surface area contributed by atoms with Crippen molar-refractivity contribution in [3.8, 4) is 0 Å². The minimum atomic E-state index is 1.17. The molecule has 0 heterocycles. The third-order valence-corrected chi connectivity index (χ3v) is 4.73. The summed E-state index contributed by atoms with van der Waals surface area (Å²) in [5.74, 6) is 1.27. The Morgan fingerprint density at radius 1 is 0.833 bits per heavy atom. The fourth-order valence-corrected chi connectivity index (χ4v) is 3.21. The van der Waals surface area contributed by atoms with Crippen LogP contribution in [0.3, 0.4) is 0 Å². The minimum absolute atomic E-state index is 1.17. The van der Waals surface area contributed by atoms with Crippen LogP contribution >= 0.6 is 27.7 Å². The molecule has 0 aliphatic heterocycles. The predicted octanol–water partition coefficient (Wildman–Crippen LogP) is 6.21. The lowest BCUT2D eigenvalue weighted by atomic mass is 10.1. The van der Waals surface area contributed by atoms with E-state index in [2.05, 4.69) is 47.1 Å². The Bertz CT molecular complexity index is 294. The quantitative estimate of drug-likeness (QED) is 0.279. The van der Waals surface area contributed by atoms with Crippen LogP contribution in [0.5, 0.6) is 0 Å². The van der Waals surface area contributed by atoms with E-state index in [1.54, 1.807) is 0 Å². The van der Waals surface area contributed by atoms with Gasteiger partial charge in [-0.15, -0.1) is 11.8 Å². The van der Waals surface area contributed by atoms with Crippen molar-refractivity contribution in [3.05, 3.63) is 29.8 Å². The number of rotatable bonds is 10. The summed E-state index contributed by atoms with van der Waals surface area (Å²) in [7, 11) is 0. The van der Waals surface area contributed by atoms with E-state index in [0.717, 1.165) is 0 Å². The molecular formula is C16H25BrS. The Balaban J connectivity index is 1.91. The third kappa shape index (κ3) is 8.20. The monoisotopic (exact) mass is 328 g/mol. The first-order valence-corrected chi connectivity index (χ1v) is 9.19. The van der Waals surface area contributed by atoms with Gasteiger partial charge in [-0.25, -0.2) is 0 Å². The van der Waals surface area contributed by atoms with Crippen molar-refractivity contribution in [2.45, 2.75) is 56.8 Å². The van der Waals surface area contributed by atoms with E-state index in [-0.39, 0.29) is 0 Å². The van der Waals surface area contributed by atoms with Crippen molar-refractivity contribution in [1.29, 1.82) is 0 Å². The first-order valence-electron chi connectivity index (χ1n) is 7.08. The van der Waals surface area contributed by atoms with E-state index in [1.807, 2.05) is 11.8 Å². The van der Waals surface area contributed by atoms with E-state index in [0.29, 0.717) is 0 Å². The standard InChI is InChI=1S/C16H25BrS/c1-15-9-11-16(12-10-15)18-14-8-6-4-2-3-5-7-13-17/h9-12H,2-8,13-14H2,1H3. The Morgan fingerprint density at radius 2 is 1.39 bits per heavy atom. The first-order chi connectivity index (χ1) is 8.83. The SMILES string of the molecule is Cc1ccc(SCCCCCCCCCBr)cc1. The number of hydrogen-bond acceptors (Lipinski definition) is 1. The summed E-state index contributed by atoms with van der Waals surface area (Å²) < 4.78 is 0. The molecule has 0 N–H and O–H groups in total. The topological polar surface area (TPSA) is 0 Å². The van der Waals surface area contributed by atoms with E-state index < -0.39 is 0 Å². The molecule has 0 spiro atoms. The summed E-state index contributed by atoms with van der Waals surface area (Å²) in [5, 5.41) is 1.17. The highest BCUT2D eigenvalue weighted by molar-refractivity contribution is 9.09. The summed E-state index contributed by atoms with van der Waals surface area (Å²) in [5.41, 5.74) is 1.35. The molecule has 18 heavy (non-hydrogen) atoms. The molecule has 0 aromatic heterocycles. The highest BCUT2D eigenvalue weighted by atomic mass is 79.9. The van der Waals surface area contributed by atoms with Crippen LogP contribution in [0, 0.1) is 6.92 Å². The first kappa shape index (κ1) is 16.1. The Hall–Kier alpha value is 0.0500. The Kier molecular flexibility index (Phi) is 9.78. The number of halogens is 1. The molecule has 0 saturated heterocycles. The van der Waals surface area contributed by atoms with Gasteiger partial charge in [-0.2, -0.15) is 0 Å². The average molecular weight is 329 g/mol. The molecule has 0 aliphatic rings. The lowest BCUT2D eigenvalue weighted by Crippen LogP contribution is -1.84. The third-order valence-electron chi connectivity index (χ3n) is 3.07. The second-order valence-electron chi connectivity index (χ2n) is 4.83. The number of benzene rings is 1. The minimum Gasteiger partial charge on any atom is -0.126 e. The number of unbranched alkanes of at least 4 members (excludes halogenated alkanes) is 6. The molecule has 2 heteroatoms. The highest BCUT2D eigenvalue weighted by Gasteiger charge is 1.95. The van der Waals surface area contributed by atoms with Crippen molar-refractivity contribution >= 4 is 27.7 Å². The molecule has 0 nitrogen and oxygen atoms in total. The Labute approximate surface area is 125 Å². The fourth-order valence-electron chi connectivity index (χ4n) is 1.90. The summed E-state index contributed by atoms with van der Waals surface area (Å²) in [6, 6.07) is 8.87. The number of hydrogen-bond donors (Lipinski definition) is 0. The molecule has 0 aliphatic carbocycles. The van der Waals surface area contributed by atoms with E-state index in [4.69, 9.17) is 0 Å². The summed E-state index contributed by atoms with van der Waals surface area (Å²) in [4.78, 5) is 1.41. The zero-order valence-electron chi connectivity index (χ0n) is 11.5. The molecule has 1 aromatic carbocycles. The molecule has 0 fully saturated rings. The highest BCUT2D eigenvalue weighted by Crippen LogP contribution is 2.20. The summed E-state index contributed by atoms with van der Waals surface area (Å²) in [6.45, 7) is 2.14. The van der Waals surface area contributed by atoms with E-state index in [9.17, 15) is 0 Å². The molecule has 0 unspecified atom stereocenters. The average Bonchev–Trinajstić information content (AvgIpc) is 2.39. The molecule has 0 saturated carbocycles. The van der Waals surface area contributed by atoms with E-state index in [1.165, 1.54) is 66.5 Å². The number of aryl methyl sites for hydroxylation is 1. The molecule has 102 valence electrons. The van der Waals surface area contributed by atoms with Gasteiger partial charge >= 0.3 is 0 Å². The fraction of sp³-hybridized carbons (Fsp3) is 0.625. The van der Waals surface area contributed by atoms with Crippen LogP contribution < -0.4 is 0 Å². The van der Waals surface area contributed by atoms with Gasteiger partial charge in [-0.1, -0.05) is 65.7 Å². The predicted molar refractivity (Wildman–Crippen MR) is 88.0 cm³/mol. The van der Waals surface area contributed by atoms with Gasteiger partial charge in [0.1, 0.15) is 0 Å². The van der Waals surface area contributed by atoms with Gasteiger partial charge in [0.15, 0.2) is 0 Å². The second kappa shape index (κ2) is 10.9. The molecule has 0 bridgehead atoms. The zero-order valence-corrected chi connectivity index (χ0v) is 13.9. The van der Waals surface area contributed by atoms with Gasteiger partial charge < -0.3 is 0 Å². The molecule has 0 atom stereocenters. The van der Waals surface area contributed by atoms with Crippen LogP contribution in [0.15, 0.2) is 29.2 Å². The molecule has 0 amide bonds. The normalized spacial score (nSPS) is 10.8. The zero-order chi connectivity index (χ0) is 13.1. The number of thioether (sulfide) groups is 1. The lowest BCUT2D eigenvalue weighted by molar-refractivity contribution is 0.606. The van der Waals surface area contributed by atoms with Crippen molar-refractivity contribution in [2.24, 2.45) is 0 Å². The van der Waals surface area contributed by atoms with Crippen LogP contribution in [-0.2, 0) is 0 Å². The van der Waals surface area contributed by atoms with Gasteiger partial charge in [-0.05, 0) is 37.7 Å². The van der Waals surface area contributed by atoms with E-state index >= 15 is 0 Å². The van der Waals surface area contributed by atoms with Crippen molar-refractivity contribution < 1.29 is 0 Å². The number of alkyl halides is 1. The summed E-state index contributed by atoms with van der Waals surface area (Å²) >= 11 is 5.47. The maximum absolute atomic E-state index is 3.48. The van der Waals surface area contributed by atoms with Gasteiger partial charge in [0, 0.05) is 10.2 Å². The van der Waals surface area contributed by atoms with Gasteiger partial charge in [-0.3, -0.25) is 0 Å². The molecule has 1 rings (SSSR count). The molecule has 1 aromatic rings. The largest absolute Gasteiger partial charge is 0.126 e. The smallest absolute Gasteiger partial charge is 0.00721 e. The van der Waals surface area contributed by atoms with Crippen LogP contribution in [0.1, 0.15) is 50.5 Å². The van der Waals surface area contributed by atoms with Crippen LogP contribution in [0.4, 0.5) is 0 Å². The van der Waals surface area contributed by atoms with Crippen molar-refractivity contribution in [3.63, 3.8) is 0 Å². The maximum atomic E-state index is 3.48. The van der Waals surface area contributed by atoms with Crippen LogP contribution in [0.2, 0.25) is 0 Å². The maximum Gasteiger partial charge on any atom is 0.00721 e. The Morgan fingerprint density at radius 3 is 2.00 bits per heavy atom. The van der Waals surface area contributed by atoms with Gasteiger partial charge in [0.25, 0.3) is 0 Å². The summed E-state index contributed by atoms with van der Waals surface area (Å²) in [6.07, 6.45) is 9.73. The lowest BCUT2D eigenvalue weighted by Gasteiger charge is -2.03. The molecular weight excluding hydrogens is 304 g/mol. The van der Waals surface area contributed by atoms with Crippen LogP contribution in [-0.4, -0.2) is 11.1 Å². The van der Waals surface area contributed by atoms with Crippen molar-refractivity contribution in [2.75, 3.05) is 11.1 Å². The van der Waals surface area contributed by atoms with Gasteiger partial charge in [0.05, 0.1) is 0 Å². The molecule has 0 radical (unpaired) electrons. The second-order valence-corrected chi connectivity index (χ2v) is 6.79. The van der Waals surface area contributed by atoms with Gasteiger partial charge in [0.2, 0.25) is 0 Å². The van der Waals surface area contributed by atoms with Crippen LogP contribution in [0.25, 0.3) is 0 Å².